The van der Waals surface area contributed by atoms with Crippen molar-refractivity contribution in [2.75, 3.05) is 0 Å². The summed E-state index contributed by atoms with van der Waals surface area (Å²) in [6.45, 7) is 0. The van der Waals surface area contributed by atoms with Gasteiger partial charge in [0.05, 0.1) is 23.2 Å². The lowest BCUT2D eigenvalue weighted by molar-refractivity contribution is -0.138. The van der Waals surface area contributed by atoms with Crippen LogP contribution in [0, 0.1) is 0 Å². The van der Waals surface area contributed by atoms with Gasteiger partial charge in [0.1, 0.15) is 0 Å². The number of aromatic carboxylic acids is 1. The molecule has 0 atom stereocenters. The number of alkyl halides is 3. The maximum absolute atomic E-state index is 13.0. The molecule has 3 N–H and O–H groups in total. The van der Waals surface area contributed by atoms with Crippen LogP contribution in [0.2, 0.25) is 0 Å². The number of aromatic amines is 1. The van der Waals surface area contributed by atoms with E-state index in [-0.39, 0.29) is 22.4 Å². The number of fused-ring (bicyclic) bond motifs is 1. The Hall–Kier alpha value is -3.29. The van der Waals surface area contributed by atoms with Gasteiger partial charge in [0.25, 0.3) is 0 Å². The Morgan fingerprint density at radius 1 is 1.04 bits per heavy atom. The minimum atomic E-state index is -4.54. The van der Waals surface area contributed by atoms with Gasteiger partial charge < -0.3 is 15.2 Å². The minimum Gasteiger partial charge on any atom is -0.481 e. The van der Waals surface area contributed by atoms with Crippen LogP contribution in [0.4, 0.5) is 13.2 Å². The summed E-state index contributed by atoms with van der Waals surface area (Å²) >= 11 is 0. The van der Waals surface area contributed by atoms with Gasteiger partial charge in [0.15, 0.2) is 0 Å². The van der Waals surface area contributed by atoms with Crippen molar-refractivity contribution in [1.29, 1.82) is 0 Å². The molecule has 5 nitrogen and oxygen atoms in total. The van der Waals surface area contributed by atoms with Crippen LogP contribution < -0.4 is 0 Å². The number of H-pyrrole nitrogens is 1. The average Bonchev–Trinajstić information content (AvgIpc) is 2.91. The van der Waals surface area contributed by atoms with Gasteiger partial charge >= 0.3 is 18.1 Å². The molecule has 0 amide bonds. The molecule has 2 aromatic carbocycles. The van der Waals surface area contributed by atoms with Gasteiger partial charge in [-0.1, -0.05) is 12.1 Å². The van der Waals surface area contributed by atoms with Crippen molar-refractivity contribution in [3.8, 4) is 11.3 Å². The van der Waals surface area contributed by atoms with E-state index >= 15 is 0 Å². The molecule has 0 fully saturated rings. The highest BCUT2D eigenvalue weighted by molar-refractivity contribution is 5.99. The summed E-state index contributed by atoms with van der Waals surface area (Å²) < 4.78 is 38.9. The number of benzene rings is 2. The van der Waals surface area contributed by atoms with Gasteiger partial charge in [-0.25, -0.2) is 4.79 Å². The first-order valence-corrected chi connectivity index (χ1v) is 7.44. The Morgan fingerprint density at radius 2 is 1.77 bits per heavy atom. The molecule has 0 saturated carbocycles. The molecular weight excluding hydrogens is 351 g/mol. The Kier molecular flexibility index (Phi) is 4.19. The number of rotatable bonds is 4. The Morgan fingerprint density at radius 3 is 2.38 bits per heavy atom. The van der Waals surface area contributed by atoms with Crippen LogP contribution >= 0.6 is 0 Å². The van der Waals surface area contributed by atoms with Crippen LogP contribution in [-0.4, -0.2) is 27.1 Å². The third kappa shape index (κ3) is 3.26. The van der Waals surface area contributed by atoms with E-state index in [0.717, 1.165) is 12.1 Å². The number of carboxylic acid groups (broad SMARTS) is 2. The monoisotopic (exact) mass is 363 g/mol. The first kappa shape index (κ1) is 17.5. The molecule has 3 rings (SSSR count). The van der Waals surface area contributed by atoms with E-state index < -0.39 is 30.1 Å². The van der Waals surface area contributed by atoms with E-state index in [1.54, 1.807) is 0 Å². The molecule has 3 aromatic rings. The molecule has 26 heavy (non-hydrogen) atoms. The van der Waals surface area contributed by atoms with Crippen LogP contribution in [0.5, 0.6) is 0 Å². The smallest absolute Gasteiger partial charge is 0.416 e. The molecule has 134 valence electrons. The van der Waals surface area contributed by atoms with Crippen molar-refractivity contribution in [1.82, 2.24) is 4.98 Å². The second-order valence-electron chi connectivity index (χ2n) is 5.69. The third-order valence-electron chi connectivity index (χ3n) is 3.96. The fraction of sp³-hybridized carbons (Fsp3) is 0.111. The van der Waals surface area contributed by atoms with E-state index in [4.69, 9.17) is 10.2 Å². The van der Waals surface area contributed by atoms with Crippen LogP contribution in [-0.2, 0) is 17.4 Å². The Labute approximate surface area is 144 Å². The van der Waals surface area contributed by atoms with E-state index in [9.17, 15) is 22.8 Å². The van der Waals surface area contributed by atoms with Crippen molar-refractivity contribution in [3.63, 3.8) is 0 Å². The van der Waals surface area contributed by atoms with E-state index in [1.165, 1.54) is 30.3 Å². The number of hydrogen-bond donors (Lipinski definition) is 3. The highest BCUT2D eigenvalue weighted by Crippen LogP contribution is 2.35. The van der Waals surface area contributed by atoms with Crippen molar-refractivity contribution in [3.05, 3.63) is 59.2 Å². The zero-order valence-corrected chi connectivity index (χ0v) is 13.1. The second-order valence-corrected chi connectivity index (χ2v) is 5.69. The zero-order valence-electron chi connectivity index (χ0n) is 13.1. The Bertz CT molecular complexity index is 1020. The normalized spacial score (nSPS) is 11.7. The average molecular weight is 363 g/mol. The first-order chi connectivity index (χ1) is 12.2. The maximum atomic E-state index is 13.0. The molecule has 0 bridgehead atoms. The van der Waals surface area contributed by atoms with E-state index in [1.807, 2.05) is 0 Å². The largest absolute Gasteiger partial charge is 0.481 e. The van der Waals surface area contributed by atoms with Gasteiger partial charge in [-0.05, 0) is 41.5 Å². The summed E-state index contributed by atoms with van der Waals surface area (Å²) in [7, 11) is 0. The molecule has 0 spiro atoms. The third-order valence-corrected chi connectivity index (χ3v) is 3.96. The topological polar surface area (TPSA) is 90.4 Å². The summed E-state index contributed by atoms with van der Waals surface area (Å²) in [4.78, 5) is 25.3. The van der Waals surface area contributed by atoms with Gasteiger partial charge in [0, 0.05) is 10.9 Å². The standard InChI is InChI=1S/C18H12F3NO4/c19-18(20,21)11-3-1-2-9(6-11)16-13(8-15(23)24)12-7-10(17(25)26)4-5-14(12)22-16/h1-7,22H,8H2,(H,23,24)(H,25,26). The van der Waals surface area contributed by atoms with Gasteiger partial charge in [0.2, 0.25) is 0 Å². The maximum Gasteiger partial charge on any atom is 0.416 e. The summed E-state index contributed by atoms with van der Waals surface area (Å²) in [5, 5.41) is 18.6. The number of nitrogens with one attached hydrogen (secondary N) is 1. The van der Waals surface area contributed by atoms with Gasteiger partial charge in [-0.15, -0.1) is 0 Å². The number of aliphatic carboxylic acids is 1. The molecule has 0 aliphatic carbocycles. The molecule has 0 aliphatic rings. The fourth-order valence-corrected chi connectivity index (χ4v) is 2.81. The molecule has 1 aromatic heterocycles. The lowest BCUT2D eigenvalue weighted by Crippen LogP contribution is -2.05. The quantitative estimate of drug-likeness (QED) is 0.649. The second kappa shape index (κ2) is 6.21. The summed E-state index contributed by atoms with van der Waals surface area (Å²) in [6, 6.07) is 8.62. The summed E-state index contributed by atoms with van der Waals surface area (Å²) in [5.41, 5.74) is 0.161. The highest BCUT2D eigenvalue weighted by atomic mass is 19.4. The van der Waals surface area contributed by atoms with Crippen molar-refractivity contribution < 1.29 is 33.0 Å². The summed E-state index contributed by atoms with van der Waals surface area (Å²) in [6.07, 6.45) is -5.00. The molecule has 0 aliphatic heterocycles. The van der Waals surface area contributed by atoms with Crippen LogP contribution in [0.15, 0.2) is 42.5 Å². The van der Waals surface area contributed by atoms with Crippen molar-refractivity contribution >= 4 is 22.8 Å². The molecule has 0 unspecified atom stereocenters. The predicted molar refractivity (Wildman–Crippen MR) is 87.0 cm³/mol. The Balaban J connectivity index is 2.25. The lowest BCUT2D eigenvalue weighted by atomic mass is 10.00. The SMILES string of the molecule is O=C(O)Cc1c(-c2cccc(C(F)(F)F)c2)[nH]c2ccc(C(=O)O)cc12. The molecular formula is C18H12F3NO4. The number of halogens is 3. The van der Waals surface area contributed by atoms with Crippen molar-refractivity contribution in [2.45, 2.75) is 12.6 Å². The van der Waals surface area contributed by atoms with Gasteiger partial charge in [-0.3, -0.25) is 4.79 Å². The lowest BCUT2D eigenvalue weighted by Gasteiger charge is -2.09. The first-order valence-electron chi connectivity index (χ1n) is 7.44. The highest BCUT2D eigenvalue weighted by Gasteiger charge is 2.31. The van der Waals surface area contributed by atoms with Crippen LogP contribution in [0.3, 0.4) is 0 Å². The number of carboxylic acids is 2. The molecule has 0 saturated heterocycles. The summed E-state index contributed by atoms with van der Waals surface area (Å²) in [5.74, 6) is -2.37. The molecule has 8 heteroatoms. The van der Waals surface area contributed by atoms with Gasteiger partial charge in [-0.2, -0.15) is 13.2 Å². The number of hydrogen-bond acceptors (Lipinski definition) is 2. The number of carbonyl (C=O) groups is 2. The molecule has 1 heterocycles. The minimum absolute atomic E-state index is 0.0428. The molecule has 0 radical (unpaired) electrons. The van der Waals surface area contributed by atoms with Crippen LogP contribution in [0.25, 0.3) is 22.2 Å². The fourth-order valence-electron chi connectivity index (χ4n) is 2.81. The van der Waals surface area contributed by atoms with Crippen LogP contribution in [0.1, 0.15) is 21.5 Å². The number of aromatic nitrogens is 1. The predicted octanol–water partition coefficient (Wildman–Crippen LogP) is 4.18. The van der Waals surface area contributed by atoms with Crippen molar-refractivity contribution in [2.24, 2.45) is 0 Å². The zero-order chi connectivity index (χ0) is 19.1. The van der Waals surface area contributed by atoms with E-state index in [2.05, 4.69) is 4.98 Å². The van der Waals surface area contributed by atoms with E-state index in [0.29, 0.717) is 10.9 Å².